The van der Waals surface area contributed by atoms with Gasteiger partial charge in [0.2, 0.25) is 0 Å². The van der Waals surface area contributed by atoms with E-state index in [1.807, 2.05) is 12.4 Å². The van der Waals surface area contributed by atoms with E-state index in [-0.39, 0.29) is 0 Å². The van der Waals surface area contributed by atoms with Crippen molar-refractivity contribution < 1.29 is 0 Å². The fourth-order valence-electron chi connectivity index (χ4n) is 2.49. The van der Waals surface area contributed by atoms with E-state index in [0.717, 1.165) is 24.2 Å². The van der Waals surface area contributed by atoms with Crippen LogP contribution in [0.2, 0.25) is 0 Å². The fraction of sp³-hybridized carbons (Fsp3) is 0.769. The van der Waals surface area contributed by atoms with Gasteiger partial charge in [-0.2, -0.15) is 0 Å². The molecule has 1 atom stereocenters. The number of nitrogens with zero attached hydrogens (tertiary/aromatic N) is 1. The van der Waals surface area contributed by atoms with E-state index >= 15 is 0 Å². The topological polar surface area (TPSA) is 40.7 Å². The lowest BCUT2D eigenvalue weighted by Crippen LogP contribution is -2.28. The molecule has 16 heavy (non-hydrogen) atoms. The first kappa shape index (κ1) is 11.6. The normalized spacial score (nSPS) is 27.9. The lowest BCUT2D eigenvalue weighted by atomic mass is 9.83. The molecule has 0 bridgehead atoms. The minimum absolute atomic E-state index is 0.342. The van der Waals surface area contributed by atoms with E-state index in [0.29, 0.717) is 6.04 Å². The van der Waals surface area contributed by atoms with Gasteiger partial charge in [-0.05, 0) is 38.1 Å². The lowest BCUT2D eigenvalue weighted by Gasteiger charge is -2.27. The maximum Gasteiger partial charge on any atom is 0.122 e. The number of hydrogen-bond acceptors (Lipinski definition) is 2. The first-order valence-electron chi connectivity index (χ1n) is 6.48. The average Bonchev–Trinajstić information content (AvgIpc) is 2.81. The quantitative estimate of drug-likeness (QED) is 0.820. The molecule has 3 heteroatoms. The van der Waals surface area contributed by atoms with Gasteiger partial charge in [-0.3, -0.25) is 0 Å². The summed E-state index contributed by atoms with van der Waals surface area (Å²) in [4.78, 5) is 7.43. The van der Waals surface area contributed by atoms with Gasteiger partial charge in [-0.1, -0.05) is 19.8 Å². The molecule has 0 saturated heterocycles. The van der Waals surface area contributed by atoms with Crippen LogP contribution in [0.4, 0.5) is 0 Å². The molecule has 0 aromatic carbocycles. The van der Waals surface area contributed by atoms with E-state index in [2.05, 4.69) is 29.1 Å². The van der Waals surface area contributed by atoms with Gasteiger partial charge in [0, 0.05) is 12.4 Å². The number of H-pyrrole nitrogens is 1. The monoisotopic (exact) mass is 221 g/mol. The van der Waals surface area contributed by atoms with Gasteiger partial charge in [0.15, 0.2) is 0 Å². The molecule has 0 aliphatic heterocycles. The van der Waals surface area contributed by atoms with E-state index < -0.39 is 0 Å². The molecule has 1 heterocycles. The van der Waals surface area contributed by atoms with Crippen LogP contribution in [0.25, 0.3) is 0 Å². The van der Waals surface area contributed by atoms with Gasteiger partial charge < -0.3 is 10.3 Å². The molecule has 90 valence electrons. The Morgan fingerprint density at radius 3 is 2.81 bits per heavy atom. The number of hydrogen-bond donors (Lipinski definition) is 2. The number of aromatic amines is 1. The number of rotatable bonds is 4. The predicted octanol–water partition coefficient (Wildman–Crippen LogP) is 2.89. The molecular formula is C13H23N3. The van der Waals surface area contributed by atoms with Crippen molar-refractivity contribution in [3.8, 4) is 0 Å². The van der Waals surface area contributed by atoms with Gasteiger partial charge >= 0.3 is 0 Å². The molecule has 2 rings (SSSR count). The molecule has 0 radical (unpaired) electrons. The molecule has 2 N–H and O–H groups in total. The third kappa shape index (κ3) is 3.08. The zero-order valence-electron chi connectivity index (χ0n) is 10.4. The Hall–Kier alpha value is -0.830. The highest BCUT2D eigenvalue weighted by molar-refractivity contribution is 4.93. The minimum atomic E-state index is 0.342. The van der Waals surface area contributed by atoms with E-state index in [1.54, 1.807) is 0 Å². The molecule has 1 aliphatic rings. The summed E-state index contributed by atoms with van der Waals surface area (Å²) in [5, 5.41) is 3.58. The van der Waals surface area contributed by atoms with Crippen molar-refractivity contribution in [2.45, 2.75) is 45.6 Å². The van der Waals surface area contributed by atoms with Crippen molar-refractivity contribution in [2.75, 3.05) is 6.54 Å². The summed E-state index contributed by atoms with van der Waals surface area (Å²) in [5.41, 5.74) is 0. The summed E-state index contributed by atoms with van der Waals surface area (Å²) in [6, 6.07) is 0.342. The first-order valence-corrected chi connectivity index (χ1v) is 6.48. The van der Waals surface area contributed by atoms with Crippen LogP contribution in [0.15, 0.2) is 12.4 Å². The highest BCUT2D eigenvalue weighted by Crippen LogP contribution is 2.28. The second-order valence-corrected chi connectivity index (χ2v) is 5.23. The fourth-order valence-corrected chi connectivity index (χ4v) is 2.49. The molecule has 1 aliphatic carbocycles. The number of aromatic nitrogens is 2. The van der Waals surface area contributed by atoms with Crippen molar-refractivity contribution in [3.63, 3.8) is 0 Å². The Morgan fingerprint density at radius 1 is 1.44 bits per heavy atom. The molecular weight excluding hydrogens is 198 g/mol. The zero-order valence-corrected chi connectivity index (χ0v) is 10.4. The molecule has 3 nitrogen and oxygen atoms in total. The van der Waals surface area contributed by atoms with Gasteiger partial charge in [0.05, 0.1) is 6.04 Å². The molecule has 1 saturated carbocycles. The number of nitrogens with one attached hydrogen (secondary N) is 2. The highest BCUT2D eigenvalue weighted by Gasteiger charge is 2.18. The van der Waals surface area contributed by atoms with Gasteiger partial charge in [-0.25, -0.2) is 4.98 Å². The zero-order chi connectivity index (χ0) is 11.4. The van der Waals surface area contributed by atoms with Crippen LogP contribution in [-0.2, 0) is 0 Å². The van der Waals surface area contributed by atoms with Gasteiger partial charge in [0.25, 0.3) is 0 Å². The first-order chi connectivity index (χ1) is 7.75. The van der Waals surface area contributed by atoms with Crippen LogP contribution >= 0.6 is 0 Å². The van der Waals surface area contributed by atoms with Gasteiger partial charge in [0.1, 0.15) is 5.82 Å². The largest absolute Gasteiger partial charge is 0.347 e. The van der Waals surface area contributed by atoms with Crippen LogP contribution in [-0.4, -0.2) is 16.5 Å². The van der Waals surface area contributed by atoms with Crippen molar-refractivity contribution in [1.82, 2.24) is 15.3 Å². The third-order valence-electron chi connectivity index (χ3n) is 3.78. The molecule has 0 spiro atoms. The lowest BCUT2D eigenvalue weighted by molar-refractivity contribution is 0.275. The summed E-state index contributed by atoms with van der Waals surface area (Å²) >= 11 is 0. The standard InChI is InChI=1S/C13H23N3/c1-10-3-5-12(6-4-10)9-16-11(2)13-14-7-8-15-13/h7-8,10-12,16H,3-6,9H2,1-2H3,(H,14,15). The Balaban J connectivity index is 1.71. The van der Waals surface area contributed by atoms with Crippen LogP contribution in [0.3, 0.4) is 0 Å². The van der Waals surface area contributed by atoms with Crippen LogP contribution in [0, 0.1) is 11.8 Å². The molecule has 0 amide bonds. The average molecular weight is 221 g/mol. The summed E-state index contributed by atoms with van der Waals surface area (Å²) in [7, 11) is 0. The van der Waals surface area contributed by atoms with Crippen molar-refractivity contribution in [3.05, 3.63) is 18.2 Å². The predicted molar refractivity (Wildman–Crippen MR) is 66.1 cm³/mol. The molecule has 1 aromatic rings. The molecule has 1 unspecified atom stereocenters. The van der Waals surface area contributed by atoms with Gasteiger partial charge in [-0.15, -0.1) is 0 Å². The summed E-state index contributed by atoms with van der Waals surface area (Å²) < 4.78 is 0. The summed E-state index contributed by atoms with van der Waals surface area (Å²) in [6.07, 6.45) is 9.28. The van der Waals surface area contributed by atoms with E-state index in [1.165, 1.54) is 25.7 Å². The second kappa shape index (κ2) is 5.48. The maximum absolute atomic E-state index is 4.27. The summed E-state index contributed by atoms with van der Waals surface area (Å²) in [5.74, 6) is 2.86. The third-order valence-corrected chi connectivity index (χ3v) is 3.78. The molecule has 1 aromatic heterocycles. The second-order valence-electron chi connectivity index (χ2n) is 5.23. The smallest absolute Gasteiger partial charge is 0.122 e. The van der Waals surface area contributed by atoms with E-state index in [4.69, 9.17) is 0 Å². The Bertz CT molecular complexity index is 286. The highest BCUT2D eigenvalue weighted by atomic mass is 15.0. The summed E-state index contributed by atoms with van der Waals surface area (Å²) in [6.45, 7) is 5.67. The van der Waals surface area contributed by atoms with Crippen molar-refractivity contribution >= 4 is 0 Å². The Labute approximate surface area is 98.1 Å². The Kier molecular flexibility index (Phi) is 3.99. The maximum atomic E-state index is 4.27. The van der Waals surface area contributed by atoms with Crippen LogP contribution in [0.5, 0.6) is 0 Å². The SMILES string of the molecule is CC1CCC(CNC(C)c2ncc[nH]2)CC1. The molecule has 1 fully saturated rings. The Morgan fingerprint density at radius 2 is 2.19 bits per heavy atom. The minimum Gasteiger partial charge on any atom is -0.347 e. The number of imidazole rings is 1. The van der Waals surface area contributed by atoms with E-state index in [9.17, 15) is 0 Å². The van der Waals surface area contributed by atoms with Crippen molar-refractivity contribution in [2.24, 2.45) is 11.8 Å². The van der Waals surface area contributed by atoms with Crippen LogP contribution in [0.1, 0.15) is 51.4 Å². The van der Waals surface area contributed by atoms with Crippen molar-refractivity contribution in [1.29, 1.82) is 0 Å². The van der Waals surface area contributed by atoms with Crippen LogP contribution < -0.4 is 5.32 Å².